The highest BCUT2D eigenvalue weighted by atomic mass is 32.2. The molecule has 0 N–H and O–H groups in total. The van der Waals surface area contributed by atoms with Crippen molar-refractivity contribution in [2.75, 3.05) is 24.2 Å². The summed E-state index contributed by atoms with van der Waals surface area (Å²) in [4.78, 5) is 17.0. The number of aryl methyl sites for hydroxylation is 1. The molecule has 1 aliphatic heterocycles. The number of nitrogens with zero attached hydrogens (tertiary/aromatic N) is 4. The number of aromatic nitrogens is 2. The standard InChI is InChI=1S/C17H22N4O4S/c1-19-11-8-18-16(19)12-13-6-9-20(10-7-13)14-4-3-5-15(26(2,24)25)17(14)21(22)23/h3-5,8,11,13H,6-7,9-10,12H2,1-2H3. The Morgan fingerprint density at radius 2 is 2.00 bits per heavy atom. The fourth-order valence-electron chi connectivity index (χ4n) is 3.48. The molecule has 0 unspecified atom stereocenters. The second-order valence-electron chi connectivity index (χ2n) is 6.74. The van der Waals surface area contributed by atoms with Crippen LogP contribution in [0.2, 0.25) is 0 Å². The maximum atomic E-state index is 11.9. The monoisotopic (exact) mass is 378 g/mol. The molecule has 2 aromatic rings. The number of para-hydroxylation sites is 1. The van der Waals surface area contributed by atoms with Crippen molar-refractivity contribution in [1.82, 2.24) is 9.55 Å². The molecule has 0 amide bonds. The minimum Gasteiger partial charge on any atom is -0.366 e. The predicted molar refractivity (Wildman–Crippen MR) is 98.1 cm³/mol. The summed E-state index contributed by atoms with van der Waals surface area (Å²) in [7, 11) is -1.70. The van der Waals surface area contributed by atoms with Crippen molar-refractivity contribution in [3.63, 3.8) is 0 Å². The van der Waals surface area contributed by atoms with E-state index in [1.54, 1.807) is 18.3 Å². The van der Waals surface area contributed by atoms with Gasteiger partial charge in [0.05, 0.1) is 4.92 Å². The van der Waals surface area contributed by atoms with Crippen LogP contribution in [-0.2, 0) is 23.3 Å². The van der Waals surface area contributed by atoms with Gasteiger partial charge in [0.1, 0.15) is 16.4 Å². The number of benzene rings is 1. The summed E-state index contributed by atoms with van der Waals surface area (Å²) in [5.41, 5.74) is 0.0610. The van der Waals surface area contributed by atoms with Gasteiger partial charge in [-0.25, -0.2) is 13.4 Å². The molecule has 0 saturated carbocycles. The second kappa shape index (κ2) is 7.06. The third kappa shape index (κ3) is 3.72. The lowest BCUT2D eigenvalue weighted by molar-refractivity contribution is -0.387. The third-order valence-electron chi connectivity index (χ3n) is 4.91. The van der Waals surface area contributed by atoms with Crippen LogP contribution in [0.15, 0.2) is 35.5 Å². The summed E-state index contributed by atoms with van der Waals surface area (Å²) in [5.74, 6) is 1.50. The van der Waals surface area contributed by atoms with Gasteiger partial charge in [0.15, 0.2) is 9.84 Å². The van der Waals surface area contributed by atoms with E-state index < -0.39 is 14.8 Å². The Kier molecular flexibility index (Phi) is 4.99. The largest absolute Gasteiger partial charge is 0.366 e. The van der Waals surface area contributed by atoms with E-state index >= 15 is 0 Å². The van der Waals surface area contributed by atoms with E-state index in [1.807, 2.05) is 22.7 Å². The second-order valence-corrected chi connectivity index (χ2v) is 8.73. The first-order valence-corrected chi connectivity index (χ1v) is 10.3. The van der Waals surface area contributed by atoms with Gasteiger partial charge in [0.25, 0.3) is 0 Å². The summed E-state index contributed by atoms with van der Waals surface area (Å²) in [5, 5.41) is 11.5. The molecule has 0 spiro atoms. The van der Waals surface area contributed by atoms with Gasteiger partial charge < -0.3 is 9.47 Å². The minimum absolute atomic E-state index is 0.227. The molecule has 140 valence electrons. The van der Waals surface area contributed by atoms with Crippen molar-refractivity contribution < 1.29 is 13.3 Å². The van der Waals surface area contributed by atoms with Gasteiger partial charge in [0, 0.05) is 45.2 Å². The number of nitro benzene ring substituents is 1. The topological polar surface area (TPSA) is 98.3 Å². The van der Waals surface area contributed by atoms with Crippen molar-refractivity contribution in [2.24, 2.45) is 13.0 Å². The smallest absolute Gasteiger partial charge is 0.311 e. The van der Waals surface area contributed by atoms with Gasteiger partial charge in [-0.15, -0.1) is 0 Å². The number of hydrogen-bond acceptors (Lipinski definition) is 6. The summed E-state index contributed by atoms with van der Waals surface area (Å²) in [6.07, 6.45) is 7.34. The lowest BCUT2D eigenvalue weighted by atomic mass is 9.93. The number of nitro groups is 1. The number of anilines is 1. The fraction of sp³-hybridized carbons (Fsp3) is 0.471. The molecule has 1 fully saturated rings. The van der Waals surface area contributed by atoms with Crippen molar-refractivity contribution in [1.29, 1.82) is 0 Å². The van der Waals surface area contributed by atoms with Gasteiger partial charge in [-0.3, -0.25) is 10.1 Å². The molecule has 1 aliphatic rings. The first kappa shape index (κ1) is 18.4. The van der Waals surface area contributed by atoms with Crippen LogP contribution in [0.1, 0.15) is 18.7 Å². The molecule has 1 aromatic heterocycles. The van der Waals surface area contributed by atoms with Crippen LogP contribution < -0.4 is 4.90 Å². The highest BCUT2D eigenvalue weighted by Gasteiger charge is 2.30. The Balaban J connectivity index is 1.79. The van der Waals surface area contributed by atoms with Crippen LogP contribution >= 0.6 is 0 Å². The maximum absolute atomic E-state index is 11.9. The van der Waals surface area contributed by atoms with Crippen molar-refractivity contribution >= 4 is 21.2 Å². The molecule has 0 atom stereocenters. The van der Waals surface area contributed by atoms with E-state index in [0.29, 0.717) is 24.7 Å². The van der Waals surface area contributed by atoms with E-state index in [-0.39, 0.29) is 10.6 Å². The molecule has 0 aliphatic carbocycles. The lowest BCUT2D eigenvalue weighted by Crippen LogP contribution is -2.35. The first-order chi connectivity index (χ1) is 12.3. The van der Waals surface area contributed by atoms with Crippen LogP contribution in [0, 0.1) is 16.0 Å². The number of imidazole rings is 1. The molecule has 2 heterocycles. The number of hydrogen-bond donors (Lipinski definition) is 0. The zero-order valence-electron chi connectivity index (χ0n) is 14.8. The van der Waals surface area contributed by atoms with E-state index in [1.165, 1.54) is 6.07 Å². The van der Waals surface area contributed by atoms with Gasteiger partial charge in [-0.05, 0) is 30.9 Å². The molecule has 9 heteroatoms. The minimum atomic E-state index is -3.67. The Morgan fingerprint density at radius 3 is 2.54 bits per heavy atom. The molecule has 0 bridgehead atoms. The van der Waals surface area contributed by atoms with Gasteiger partial charge in [0.2, 0.25) is 0 Å². The molecule has 8 nitrogen and oxygen atoms in total. The van der Waals surface area contributed by atoms with E-state index in [9.17, 15) is 18.5 Å². The maximum Gasteiger partial charge on any atom is 0.311 e. The summed E-state index contributed by atoms with van der Waals surface area (Å²) in [6.45, 7) is 1.31. The number of rotatable bonds is 5. The number of sulfone groups is 1. The average molecular weight is 378 g/mol. The van der Waals surface area contributed by atoms with Gasteiger partial charge >= 0.3 is 5.69 Å². The quantitative estimate of drug-likeness (QED) is 0.584. The average Bonchev–Trinajstić information content (AvgIpc) is 2.99. The summed E-state index contributed by atoms with van der Waals surface area (Å²) >= 11 is 0. The molecule has 3 rings (SSSR count). The van der Waals surface area contributed by atoms with E-state index in [2.05, 4.69) is 4.98 Å². The first-order valence-electron chi connectivity index (χ1n) is 8.46. The van der Waals surface area contributed by atoms with Crippen LogP contribution in [0.4, 0.5) is 11.4 Å². The van der Waals surface area contributed by atoms with Gasteiger partial charge in [-0.2, -0.15) is 0 Å². The van der Waals surface area contributed by atoms with Crippen molar-refractivity contribution in [3.8, 4) is 0 Å². The zero-order chi connectivity index (χ0) is 18.9. The van der Waals surface area contributed by atoms with Crippen LogP contribution in [0.3, 0.4) is 0 Å². The van der Waals surface area contributed by atoms with Crippen LogP contribution in [0.5, 0.6) is 0 Å². The highest BCUT2D eigenvalue weighted by Crippen LogP contribution is 2.36. The highest BCUT2D eigenvalue weighted by molar-refractivity contribution is 7.90. The lowest BCUT2D eigenvalue weighted by Gasteiger charge is -2.33. The van der Waals surface area contributed by atoms with E-state index in [0.717, 1.165) is 31.3 Å². The SMILES string of the molecule is Cn1ccnc1CC1CCN(c2cccc(S(C)(=O)=O)c2[N+](=O)[O-])CC1. The Labute approximate surface area is 152 Å². The van der Waals surface area contributed by atoms with Crippen molar-refractivity contribution in [2.45, 2.75) is 24.2 Å². The van der Waals surface area contributed by atoms with Crippen LogP contribution in [0.25, 0.3) is 0 Å². The van der Waals surface area contributed by atoms with E-state index in [4.69, 9.17) is 0 Å². The fourth-order valence-corrected chi connectivity index (χ4v) is 4.33. The molecular weight excluding hydrogens is 356 g/mol. The third-order valence-corrected chi connectivity index (χ3v) is 6.04. The van der Waals surface area contributed by atoms with Crippen LogP contribution in [-0.4, -0.2) is 42.2 Å². The summed E-state index contributed by atoms with van der Waals surface area (Å²) < 4.78 is 25.9. The number of piperidine rings is 1. The summed E-state index contributed by atoms with van der Waals surface area (Å²) in [6, 6.07) is 4.50. The molecular formula is C17H22N4O4S. The molecule has 0 radical (unpaired) electrons. The molecule has 1 aromatic carbocycles. The predicted octanol–water partition coefficient (Wildman–Crippen LogP) is 2.19. The molecule has 26 heavy (non-hydrogen) atoms. The normalized spacial score (nSPS) is 16.0. The zero-order valence-corrected chi connectivity index (χ0v) is 15.6. The Bertz CT molecular complexity index is 915. The Morgan fingerprint density at radius 1 is 1.31 bits per heavy atom. The van der Waals surface area contributed by atoms with Crippen molar-refractivity contribution in [3.05, 3.63) is 46.5 Å². The molecule has 1 saturated heterocycles. The Hall–Kier alpha value is -2.42. The van der Waals surface area contributed by atoms with Gasteiger partial charge in [-0.1, -0.05) is 6.07 Å².